The second kappa shape index (κ2) is 4.20. The van der Waals surface area contributed by atoms with Crippen molar-refractivity contribution in [2.24, 2.45) is 0 Å². The molecule has 2 rings (SSSR count). The molecule has 0 aromatic carbocycles. The molecule has 0 fully saturated rings. The van der Waals surface area contributed by atoms with Crippen LogP contribution in [-0.4, -0.2) is 9.97 Å². The van der Waals surface area contributed by atoms with Crippen molar-refractivity contribution in [1.29, 1.82) is 0 Å². The summed E-state index contributed by atoms with van der Waals surface area (Å²) in [6.07, 6.45) is 3.49. The van der Waals surface area contributed by atoms with E-state index in [1.807, 2.05) is 19.1 Å². The number of nitrogens with zero attached hydrogens (tertiary/aromatic N) is 1. The minimum absolute atomic E-state index is 0.635. The monoisotopic (exact) mass is 216 g/mol. The maximum Gasteiger partial charge on any atom is 0.116 e. The van der Waals surface area contributed by atoms with Crippen molar-refractivity contribution in [1.82, 2.24) is 9.97 Å². The van der Waals surface area contributed by atoms with Crippen LogP contribution in [0.1, 0.15) is 17.0 Å². The SMILES string of the molecule is Cc1cccnc1C#Cc1[nH]ccc1Cl. The Hall–Kier alpha value is -1.72. The van der Waals surface area contributed by atoms with Crippen molar-refractivity contribution < 1.29 is 0 Å². The molecule has 0 amide bonds. The number of hydrogen-bond acceptors (Lipinski definition) is 1. The average molecular weight is 217 g/mol. The number of hydrogen-bond donors (Lipinski definition) is 1. The molecule has 3 heteroatoms. The first-order valence-corrected chi connectivity index (χ1v) is 4.91. The fraction of sp³-hybridized carbons (Fsp3) is 0.0833. The highest BCUT2D eigenvalue weighted by molar-refractivity contribution is 6.31. The lowest BCUT2D eigenvalue weighted by molar-refractivity contribution is 1.23. The van der Waals surface area contributed by atoms with Crippen molar-refractivity contribution in [3.8, 4) is 11.8 Å². The van der Waals surface area contributed by atoms with Gasteiger partial charge in [-0.2, -0.15) is 0 Å². The van der Waals surface area contributed by atoms with E-state index in [1.165, 1.54) is 0 Å². The van der Waals surface area contributed by atoms with Crippen LogP contribution in [0, 0.1) is 18.8 Å². The first-order valence-electron chi connectivity index (χ1n) is 4.54. The number of aromatic amines is 1. The third kappa shape index (κ3) is 2.20. The molecule has 74 valence electrons. The van der Waals surface area contributed by atoms with Gasteiger partial charge in [-0.15, -0.1) is 0 Å². The van der Waals surface area contributed by atoms with E-state index >= 15 is 0 Å². The van der Waals surface area contributed by atoms with Crippen LogP contribution in [0.2, 0.25) is 5.02 Å². The van der Waals surface area contributed by atoms with Crippen LogP contribution in [0.5, 0.6) is 0 Å². The normalized spacial score (nSPS) is 9.47. The molecule has 0 aliphatic heterocycles. The first kappa shape index (κ1) is 9.82. The highest BCUT2D eigenvalue weighted by Gasteiger charge is 1.96. The molecule has 0 radical (unpaired) electrons. The quantitative estimate of drug-likeness (QED) is 0.674. The predicted octanol–water partition coefficient (Wildman–Crippen LogP) is 2.77. The highest BCUT2D eigenvalue weighted by Crippen LogP contribution is 2.11. The van der Waals surface area contributed by atoms with E-state index in [0.717, 1.165) is 17.0 Å². The zero-order valence-corrected chi connectivity index (χ0v) is 8.97. The summed E-state index contributed by atoms with van der Waals surface area (Å²) in [5.41, 5.74) is 2.57. The average Bonchev–Trinajstić information content (AvgIpc) is 2.63. The largest absolute Gasteiger partial charge is 0.354 e. The first-order chi connectivity index (χ1) is 7.27. The van der Waals surface area contributed by atoms with Gasteiger partial charge in [0.2, 0.25) is 0 Å². The number of H-pyrrole nitrogens is 1. The number of aryl methyl sites for hydroxylation is 1. The summed E-state index contributed by atoms with van der Waals surface area (Å²) < 4.78 is 0. The zero-order valence-electron chi connectivity index (χ0n) is 8.21. The van der Waals surface area contributed by atoms with Gasteiger partial charge in [0.05, 0.1) is 5.02 Å². The molecule has 0 aliphatic rings. The Morgan fingerprint density at radius 2 is 2.20 bits per heavy atom. The van der Waals surface area contributed by atoms with Gasteiger partial charge in [-0.25, -0.2) is 4.98 Å². The van der Waals surface area contributed by atoms with Gasteiger partial charge in [-0.05, 0) is 36.5 Å². The summed E-state index contributed by atoms with van der Waals surface area (Å²) in [6.45, 7) is 1.98. The van der Waals surface area contributed by atoms with Gasteiger partial charge < -0.3 is 4.98 Å². The molecular weight excluding hydrogens is 208 g/mol. The van der Waals surface area contributed by atoms with Crippen molar-refractivity contribution in [2.45, 2.75) is 6.92 Å². The summed E-state index contributed by atoms with van der Waals surface area (Å²) in [6, 6.07) is 5.65. The summed E-state index contributed by atoms with van der Waals surface area (Å²) in [5.74, 6) is 5.93. The van der Waals surface area contributed by atoms with Crippen LogP contribution >= 0.6 is 11.6 Å². The van der Waals surface area contributed by atoms with Crippen LogP contribution in [0.4, 0.5) is 0 Å². The lowest BCUT2D eigenvalue weighted by atomic mass is 10.2. The Bertz CT molecular complexity index is 532. The number of halogens is 1. The molecule has 0 saturated carbocycles. The molecule has 2 aromatic heterocycles. The molecular formula is C12H9ClN2. The minimum atomic E-state index is 0.635. The molecule has 0 atom stereocenters. The van der Waals surface area contributed by atoms with Crippen molar-refractivity contribution >= 4 is 11.6 Å². The summed E-state index contributed by atoms with van der Waals surface area (Å²) in [5, 5.41) is 0.635. The Morgan fingerprint density at radius 3 is 2.87 bits per heavy atom. The minimum Gasteiger partial charge on any atom is -0.354 e. The Balaban J connectivity index is 2.34. The van der Waals surface area contributed by atoms with Gasteiger partial charge in [-0.3, -0.25) is 0 Å². The van der Waals surface area contributed by atoms with E-state index in [9.17, 15) is 0 Å². The van der Waals surface area contributed by atoms with Crippen molar-refractivity contribution in [3.05, 3.63) is 52.6 Å². The van der Waals surface area contributed by atoms with Crippen LogP contribution < -0.4 is 0 Å². The topological polar surface area (TPSA) is 28.7 Å². The summed E-state index contributed by atoms with van der Waals surface area (Å²) in [7, 11) is 0. The highest BCUT2D eigenvalue weighted by atomic mass is 35.5. The van der Waals surface area contributed by atoms with Crippen molar-refractivity contribution in [3.63, 3.8) is 0 Å². The number of pyridine rings is 1. The summed E-state index contributed by atoms with van der Waals surface area (Å²) in [4.78, 5) is 7.14. The molecule has 2 aromatic rings. The molecule has 0 spiro atoms. The zero-order chi connectivity index (χ0) is 10.7. The van der Waals surface area contributed by atoms with Crippen LogP contribution in [0.3, 0.4) is 0 Å². The molecule has 0 aliphatic carbocycles. The molecule has 15 heavy (non-hydrogen) atoms. The number of nitrogens with one attached hydrogen (secondary N) is 1. The Kier molecular flexibility index (Phi) is 2.75. The van der Waals surface area contributed by atoms with Crippen LogP contribution in [-0.2, 0) is 0 Å². The molecule has 2 nitrogen and oxygen atoms in total. The van der Waals surface area contributed by atoms with E-state index in [4.69, 9.17) is 11.6 Å². The Morgan fingerprint density at radius 1 is 1.33 bits per heavy atom. The maximum atomic E-state index is 5.89. The van der Waals surface area contributed by atoms with E-state index in [1.54, 1.807) is 18.5 Å². The fourth-order valence-electron chi connectivity index (χ4n) is 1.18. The van der Waals surface area contributed by atoms with Gasteiger partial charge in [-0.1, -0.05) is 17.7 Å². The molecule has 2 heterocycles. The maximum absolute atomic E-state index is 5.89. The van der Waals surface area contributed by atoms with E-state index in [2.05, 4.69) is 21.8 Å². The number of aromatic nitrogens is 2. The molecule has 0 saturated heterocycles. The third-order valence-corrected chi connectivity index (χ3v) is 2.33. The van der Waals surface area contributed by atoms with Gasteiger partial charge in [0.25, 0.3) is 0 Å². The molecule has 0 bridgehead atoms. The standard InChI is InChI=1S/C12H9ClN2/c1-9-3-2-7-14-11(9)4-5-12-10(13)6-8-15-12/h2-3,6-8,15H,1H3. The van der Waals surface area contributed by atoms with Gasteiger partial charge in [0, 0.05) is 12.4 Å². The predicted molar refractivity (Wildman–Crippen MR) is 60.8 cm³/mol. The van der Waals surface area contributed by atoms with E-state index in [-0.39, 0.29) is 0 Å². The second-order valence-electron chi connectivity index (χ2n) is 3.12. The molecule has 1 N–H and O–H groups in total. The van der Waals surface area contributed by atoms with Gasteiger partial charge in [0.15, 0.2) is 0 Å². The second-order valence-corrected chi connectivity index (χ2v) is 3.53. The van der Waals surface area contributed by atoms with E-state index in [0.29, 0.717) is 5.02 Å². The van der Waals surface area contributed by atoms with Crippen LogP contribution in [0.15, 0.2) is 30.6 Å². The van der Waals surface area contributed by atoms with Gasteiger partial charge in [0.1, 0.15) is 11.4 Å². The third-order valence-electron chi connectivity index (χ3n) is 2.01. The van der Waals surface area contributed by atoms with Crippen LogP contribution in [0.25, 0.3) is 0 Å². The smallest absolute Gasteiger partial charge is 0.116 e. The van der Waals surface area contributed by atoms with Crippen molar-refractivity contribution in [2.75, 3.05) is 0 Å². The molecule has 0 unspecified atom stereocenters. The Labute approximate surface area is 93.3 Å². The van der Waals surface area contributed by atoms with Gasteiger partial charge >= 0.3 is 0 Å². The van der Waals surface area contributed by atoms with E-state index < -0.39 is 0 Å². The number of rotatable bonds is 0. The lowest BCUT2D eigenvalue weighted by Gasteiger charge is -1.93. The lowest BCUT2D eigenvalue weighted by Crippen LogP contribution is -1.86. The summed E-state index contributed by atoms with van der Waals surface area (Å²) >= 11 is 5.89. The fourth-order valence-corrected chi connectivity index (χ4v) is 1.35.